The molecule has 0 amide bonds. The summed E-state index contributed by atoms with van der Waals surface area (Å²) in [6.45, 7) is 4.23. The van der Waals surface area contributed by atoms with Gasteiger partial charge in [0, 0.05) is 12.2 Å². The Kier molecular flexibility index (Phi) is 5.12. The third-order valence-corrected chi connectivity index (χ3v) is 4.36. The topological polar surface area (TPSA) is 72.2 Å². The Morgan fingerprint density at radius 1 is 1.44 bits per heavy atom. The first kappa shape index (κ1) is 15.4. The number of nitrogens with two attached hydrogens (primary N) is 1. The van der Waals surface area contributed by atoms with E-state index in [4.69, 9.17) is 5.73 Å². The molecule has 0 aliphatic heterocycles. The Morgan fingerprint density at radius 2 is 2.06 bits per heavy atom. The molecule has 0 aliphatic rings. The van der Waals surface area contributed by atoms with E-state index < -0.39 is 20.7 Å². The molecule has 0 heterocycles. The zero-order valence-electron chi connectivity index (χ0n) is 10.2. The fourth-order valence-electron chi connectivity index (χ4n) is 1.34. The van der Waals surface area contributed by atoms with Crippen LogP contribution in [0.3, 0.4) is 0 Å². The number of nitrogen functional groups attached to an aromatic ring is 1. The third-order valence-electron chi connectivity index (χ3n) is 2.32. The first-order chi connectivity index (χ1) is 8.24. The number of nitrogens with one attached hydrogen (secondary N) is 1. The SMILES string of the molecule is CC(C)CCNS(=O)(=O)c1cc(N)cc(Br)c1F. The van der Waals surface area contributed by atoms with Crippen molar-refractivity contribution in [3.05, 3.63) is 22.4 Å². The number of halogens is 2. The summed E-state index contributed by atoms with van der Waals surface area (Å²) in [5, 5.41) is 0. The van der Waals surface area contributed by atoms with Gasteiger partial charge in [-0.2, -0.15) is 0 Å². The van der Waals surface area contributed by atoms with E-state index in [-0.39, 0.29) is 16.7 Å². The van der Waals surface area contributed by atoms with Crippen LogP contribution in [-0.2, 0) is 10.0 Å². The molecule has 0 aliphatic carbocycles. The highest BCUT2D eigenvalue weighted by atomic mass is 79.9. The van der Waals surface area contributed by atoms with Crippen LogP contribution in [0.15, 0.2) is 21.5 Å². The predicted octanol–water partition coefficient (Wildman–Crippen LogP) is 2.49. The molecule has 4 nitrogen and oxygen atoms in total. The van der Waals surface area contributed by atoms with Crippen molar-refractivity contribution in [3.63, 3.8) is 0 Å². The van der Waals surface area contributed by atoms with Gasteiger partial charge < -0.3 is 5.73 Å². The van der Waals surface area contributed by atoms with Crippen molar-refractivity contribution in [3.8, 4) is 0 Å². The fourth-order valence-corrected chi connectivity index (χ4v) is 3.13. The van der Waals surface area contributed by atoms with Gasteiger partial charge in [0.2, 0.25) is 10.0 Å². The summed E-state index contributed by atoms with van der Waals surface area (Å²) in [6, 6.07) is 2.43. The van der Waals surface area contributed by atoms with Crippen LogP contribution in [0, 0.1) is 11.7 Å². The molecule has 0 fully saturated rings. The van der Waals surface area contributed by atoms with Crippen LogP contribution in [0.5, 0.6) is 0 Å². The number of hydrogen-bond acceptors (Lipinski definition) is 3. The van der Waals surface area contributed by atoms with E-state index in [9.17, 15) is 12.8 Å². The van der Waals surface area contributed by atoms with Crippen molar-refractivity contribution in [2.45, 2.75) is 25.2 Å². The lowest BCUT2D eigenvalue weighted by Crippen LogP contribution is -2.26. The van der Waals surface area contributed by atoms with E-state index in [0.717, 1.165) is 6.07 Å². The molecular formula is C11H16BrFN2O2S. The van der Waals surface area contributed by atoms with E-state index in [2.05, 4.69) is 20.7 Å². The molecule has 102 valence electrons. The zero-order chi connectivity index (χ0) is 13.9. The van der Waals surface area contributed by atoms with E-state index in [1.807, 2.05) is 13.8 Å². The highest BCUT2D eigenvalue weighted by Crippen LogP contribution is 2.25. The number of sulfonamides is 1. The summed E-state index contributed by atoms with van der Waals surface area (Å²) < 4.78 is 40.0. The molecule has 0 aromatic heterocycles. The van der Waals surface area contributed by atoms with Gasteiger partial charge in [-0.1, -0.05) is 13.8 Å². The highest BCUT2D eigenvalue weighted by molar-refractivity contribution is 9.10. The Hall–Kier alpha value is -0.660. The highest BCUT2D eigenvalue weighted by Gasteiger charge is 2.21. The molecule has 0 atom stereocenters. The third kappa shape index (κ3) is 3.93. The van der Waals surface area contributed by atoms with Crippen molar-refractivity contribution in [1.29, 1.82) is 0 Å². The number of hydrogen-bond donors (Lipinski definition) is 2. The van der Waals surface area contributed by atoms with Gasteiger partial charge in [0.1, 0.15) is 4.90 Å². The maximum Gasteiger partial charge on any atom is 0.243 e. The van der Waals surface area contributed by atoms with Crippen LogP contribution in [0.1, 0.15) is 20.3 Å². The van der Waals surface area contributed by atoms with Crippen LogP contribution in [0.2, 0.25) is 0 Å². The largest absolute Gasteiger partial charge is 0.399 e. The molecule has 0 saturated heterocycles. The number of anilines is 1. The van der Waals surface area contributed by atoms with Crippen LogP contribution in [0.25, 0.3) is 0 Å². The van der Waals surface area contributed by atoms with Crippen LogP contribution in [0.4, 0.5) is 10.1 Å². The van der Waals surface area contributed by atoms with Crippen LogP contribution < -0.4 is 10.5 Å². The van der Waals surface area contributed by atoms with Gasteiger partial charge in [-0.3, -0.25) is 0 Å². The molecule has 0 unspecified atom stereocenters. The van der Waals surface area contributed by atoms with Gasteiger partial charge in [-0.05, 0) is 40.4 Å². The standard InChI is InChI=1S/C11H16BrFN2O2S/c1-7(2)3-4-15-18(16,17)10-6-8(14)5-9(12)11(10)13/h5-7,15H,3-4,14H2,1-2H3. The van der Waals surface area contributed by atoms with Crippen molar-refractivity contribution in [2.24, 2.45) is 5.92 Å². The average Bonchev–Trinajstić information content (AvgIpc) is 2.22. The van der Waals surface area contributed by atoms with Gasteiger partial charge in [0.25, 0.3) is 0 Å². The molecule has 1 rings (SSSR count). The fraction of sp³-hybridized carbons (Fsp3) is 0.455. The molecule has 18 heavy (non-hydrogen) atoms. The molecule has 1 aromatic carbocycles. The molecule has 7 heteroatoms. The predicted molar refractivity (Wildman–Crippen MR) is 73.2 cm³/mol. The minimum atomic E-state index is -3.87. The van der Waals surface area contributed by atoms with E-state index in [0.29, 0.717) is 12.3 Å². The summed E-state index contributed by atoms with van der Waals surface area (Å²) in [7, 11) is -3.87. The molecule has 3 N–H and O–H groups in total. The quantitative estimate of drug-likeness (QED) is 0.810. The molecule has 1 aromatic rings. The van der Waals surface area contributed by atoms with Crippen molar-refractivity contribution in [1.82, 2.24) is 4.72 Å². The molecular weight excluding hydrogens is 323 g/mol. The Morgan fingerprint density at radius 3 is 2.61 bits per heavy atom. The lowest BCUT2D eigenvalue weighted by molar-refractivity contribution is 0.538. The van der Waals surface area contributed by atoms with E-state index in [1.54, 1.807) is 0 Å². The smallest absolute Gasteiger partial charge is 0.243 e. The minimum absolute atomic E-state index is 0.0340. The van der Waals surface area contributed by atoms with Crippen LogP contribution in [-0.4, -0.2) is 15.0 Å². The maximum absolute atomic E-state index is 13.7. The second kappa shape index (κ2) is 5.99. The van der Waals surface area contributed by atoms with Gasteiger partial charge in [-0.15, -0.1) is 0 Å². The molecule has 0 radical (unpaired) electrons. The van der Waals surface area contributed by atoms with Crippen molar-refractivity contribution in [2.75, 3.05) is 12.3 Å². The maximum atomic E-state index is 13.7. The monoisotopic (exact) mass is 338 g/mol. The van der Waals surface area contributed by atoms with Gasteiger partial charge in [-0.25, -0.2) is 17.5 Å². The average molecular weight is 339 g/mol. The number of benzene rings is 1. The zero-order valence-corrected chi connectivity index (χ0v) is 12.6. The Bertz CT molecular complexity index is 532. The summed E-state index contributed by atoms with van der Waals surface area (Å²) in [6.07, 6.45) is 0.685. The van der Waals surface area contributed by atoms with E-state index in [1.165, 1.54) is 6.07 Å². The molecule has 0 saturated carbocycles. The Labute approximate surface area is 115 Å². The summed E-state index contributed by atoms with van der Waals surface area (Å²) >= 11 is 2.93. The normalized spacial score (nSPS) is 12.1. The number of rotatable bonds is 5. The molecule has 0 spiro atoms. The molecule has 0 bridgehead atoms. The van der Waals surface area contributed by atoms with Crippen LogP contribution >= 0.6 is 15.9 Å². The van der Waals surface area contributed by atoms with Crippen molar-refractivity contribution < 1.29 is 12.8 Å². The minimum Gasteiger partial charge on any atom is -0.399 e. The first-order valence-corrected chi connectivity index (χ1v) is 7.76. The lowest BCUT2D eigenvalue weighted by Gasteiger charge is -2.10. The second-order valence-corrected chi connectivity index (χ2v) is 6.98. The van der Waals surface area contributed by atoms with Gasteiger partial charge in [0.05, 0.1) is 4.47 Å². The second-order valence-electron chi connectivity index (χ2n) is 4.40. The summed E-state index contributed by atoms with van der Waals surface area (Å²) in [5.74, 6) is -0.466. The summed E-state index contributed by atoms with van der Waals surface area (Å²) in [4.78, 5) is -0.432. The first-order valence-electron chi connectivity index (χ1n) is 5.48. The lowest BCUT2D eigenvalue weighted by atomic mass is 10.1. The Balaban J connectivity index is 2.98. The van der Waals surface area contributed by atoms with E-state index >= 15 is 0 Å². The van der Waals surface area contributed by atoms with Gasteiger partial charge >= 0.3 is 0 Å². The van der Waals surface area contributed by atoms with Crippen molar-refractivity contribution >= 4 is 31.6 Å². The summed E-state index contributed by atoms with van der Waals surface area (Å²) in [5.41, 5.74) is 5.70. The van der Waals surface area contributed by atoms with Gasteiger partial charge in [0.15, 0.2) is 5.82 Å².